The molecule has 0 radical (unpaired) electrons. The zero-order valence-electron chi connectivity index (χ0n) is 10.2. The highest BCUT2D eigenvalue weighted by atomic mass is 16.4. The number of hydrogen-bond acceptors (Lipinski definition) is 2. The SMILES string of the molecule is CCC1(C)CC1C(=O)NC(C)CCC(=O)O. The van der Waals surface area contributed by atoms with E-state index < -0.39 is 5.97 Å². The Morgan fingerprint density at radius 2 is 2.19 bits per heavy atom. The molecule has 4 heteroatoms. The normalized spacial score (nSPS) is 29.6. The summed E-state index contributed by atoms with van der Waals surface area (Å²) in [6, 6.07) is -0.0506. The van der Waals surface area contributed by atoms with E-state index in [4.69, 9.17) is 5.11 Å². The third-order valence-electron chi connectivity index (χ3n) is 3.66. The molecule has 0 heterocycles. The van der Waals surface area contributed by atoms with Gasteiger partial charge in [-0.2, -0.15) is 0 Å². The van der Waals surface area contributed by atoms with Crippen molar-refractivity contribution < 1.29 is 14.7 Å². The minimum atomic E-state index is -0.814. The second-order valence-corrected chi connectivity index (χ2v) is 5.11. The molecule has 0 aliphatic heterocycles. The summed E-state index contributed by atoms with van der Waals surface area (Å²) in [5, 5.41) is 11.4. The van der Waals surface area contributed by atoms with E-state index in [0.29, 0.717) is 6.42 Å². The van der Waals surface area contributed by atoms with E-state index in [-0.39, 0.29) is 29.7 Å². The van der Waals surface area contributed by atoms with Crippen molar-refractivity contribution in [3.8, 4) is 0 Å². The van der Waals surface area contributed by atoms with Crippen LogP contribution in [0, 0.1) is 11.3 Å². The van der Waals surface area contributed by atoms with Gasteiger partial charge in [-0.1, -0.05) is 13.8 Å². The number of amides is 1. The lowest BCUT2D eigenvalue weighted by atomic mass is 10.0. The molecule has 0 aromatic rings. The molecule has 1 saturated carbocycles. The van der Waals surface area contributed by atoms with Gasteiger partial charge in [-0.05, 0) is 31.6 Å². The van der Waals surface area contributed by atoms with Gasteiger partial charge in [0.1, 0.15) is 0 Å². The van der Waals surface area contributed by atoms with Crippen molar-refractivity contribution in [3.63, 3.8) is 0 Å². The van der Waals surface area contributed by atoms with Crippen LogP contribution in [0.2, 0.25) is 0 Å². The summed E-state index contributed by atoms with van der Waals surface area (Å²) in [6.07, 6.45) is 2.59. The Morgan fingerprint density at radius 3 is 2.62 bits per heavy atom. The lowest BCUT2D eigenvalue weighted by molar-refractivity contribution is -0.137. The fourth-order valence-electron chi connectivity index (χ4n) is 1.96. The average molecular weight is 227 g/mol. The van der Waals surface area contributed by atoms with Crippen molar-refractivity contribution in [2.45, 2.75) is 52.5 Å². The van der Waals surface area contributed by atoms with Gasteiger partial charge < -0.3 is 10.4 Å². The number of carboxylic acid groups (broad SMARTS) is 1. The average Bonchev–Trinajstić information content (AvgIpc) is 2.89. The van der Waals surface area contributed by atoms with E-state index in [2.05, 4.69) is 19.2 Å². The van der Waals surface area contributed by atoms with Crippen molar-refractivity contribution in [3.05, 3.63) is 0 Å². The minimum Gasteiger partial charge on any atom is -0.481 e. The zero-order valence-corrected chi connectivity index (χ0v) is 10.2. The number of hydrogen-bond donors (Lipinski definition) is 2. The molecule has 1 aliphatic carbocycles. The highest BCUT2D eigenvalue weighted by Gasteiger charge is 2.52. The Labute approximate surface area is 96.4 Å². The van der Waals surface area contributed by atoms with Crippen LogP contribution in [0.5, 0.6) is 0 Å². The maximum atomic E-state index is 11.8. The summed E-state index contributed by atoms with van der Waals surface area (Å²) < 4.78 is 0. The number of carbonyl (C=O) groups excluding carboxylic acids is 1. The second-order valence-electron chi connectivity index (χ2n) is 5.11. The molecule has 16 heavy (non-hydrogen) atoms. The van der Waals surface area contributed by atoms with Crippen LogP contribution in [-0.4, -0.2) is 23.0 Å². The van der Waals surface area contributed by atoms with Crippen molar-refractivity contribution >= 4 is 11.9 Å². The fraction of sp³-hybridized carbons (Fsp3) is 0.833. The second kappa shape index (κ2) is 4.85. The van der Waals surface area contributed by atoms with Gasteiger partial charge in [0.05, 0.1) is 0 Å². The van der Waals surface area contributed by atoms with Crippen LogP contribution in [0.15, 0.2) is 0 Å². The minimum absolute atomic E-state index is 0.0506. The smallest absolute Gasteiger partial charge is 0.303 e. The van der Waals surface area contributed by atoms with Gasteiger partial charge in [-0.15, -0.1) is 0 Å². The van der Waals surface area contributed by atoms with Gasteiger partial charge in [-0.25, -0.2) is 0 Å². The van der Waals surface area contributed by atoms with Gasteiger partial charge >= 0.3 is 5.97 Å². The molecule has 0 bridgehead atoms. The van der Waals surface area contributed by atoms with Crippen molar-refractivity contribution in [1.29, 1.82) is 0 Å². The lowest BCUT2D eigenvalue weighted by Gasteiger charge is -2.14. The maximum Gasteiger partial charge on any atom is 0.303 e. The summed E-state index contributed by atoms with van der Waals surface area (Å²) >= 11 is 0. The Balaban J connectivity index is 2.28. The van der Waals surface area contributed by atoms with E-state index in [1.807, 2.05) is 6.92 Å². The maximum absolute atomic E-state index is 11.8. The molecule has 92 valence electrons. The van der Waals surface area contributed by atoms with Gasteiger partial charge in [0.2, 0.25) is 5.91 Å². The molecule has 3 unspecified atom stereocenters. The standard InChI is InChI=1S/C12H21NO3/c1-4-12(3)7-9(12)11(16)13-8(2)5-6-10(14)15/h8-9H,4-7H2,1-3H3,(H,13,16)(H,14,15). The van der Waals surface area contributed by atoms with Gasteiger partial charge in [0.15, 0.2) is 0 Å². The molecule has 0 aromatic carbocycles. The highest BCUT2D eigenvalue weighted by molar-refractivity contribution is 5.82. The molecule has 3 atom stereocenters. The third kappa shape index (κ3) is 3.22. The van der Waals surface area contributed by atoms with E-state index in [0.717, 1.165) is 12.8 Å². The van der Waals surface area contributed by atoms with Crippen molar-refractivity contribution in [1.82, 2.24) is 5.32 Å². The summed E-state index contributed by atoms with van der Waals surface area (Å²) in [6.45, 7) is 6.08. The fourth-order valence-corrected chi connectivity index (χ4v) is 1.96. The number of carbonyl (C=O) groups is 2. The van der Waals surface area contributed by atoms with Crippen LogP contribution in [-0.2, 0) is 9.59 Å². The van der Waals surface area contributed by atoms with Crippen molar-refractivity contribution in [2.24, 2.45) is 11.3 Å². The van der Waals surface area contributed by atoms with Crippen molar-refractivity contribution in [2.75, 3.05) is 0 Å². The molecule has 4 nitrogen and oxygen atoms in total. The Morgan fingerprint density at radius 1 is 1.56 bits per heavy atom. The molecule has 0 saturated heterocycles. The van der Waals surface area contributed by atoms with E-state index in [1.54, 1.807) is 0 Å². The molecule has 0 spiro atoms. The number of aliphatic carboxylic acids is 1. The van der Waals surface area contributed by atoms with Crippen LogP contribution in [0.25, 0.3) is 0 Å². The molecule has 1 fully saturated rings. The number of nitrogens with one attached hydrogen (secondary N) is 1. The lowest BCUT2D eigenvalue weighted by Crippen LogP contribution is -2.35. The predicted molar refractivity (Wildman–Crippen MR) is 61.0 cm³/mol. The molecular weight excluding hydrogens is 206 g/mol. The van der Waals surface area contributed by atoms with Gasteiger partial charge in [0, 0.05) is 18.4 Å². The number of rotatable bonds is 6. The number of carboxylic acids is 1. The Kier molecular flexibility index (Phi) is 3.94. The van der Waals surface area contributed by atoms with E-state index >= 15 is 0 Å². The monoisotopic (exact) mass is 227 g/mol. The van der Waals surface area contributed by atoms with Crippen LogP contribution in [0.1, 0.15) is 46.5 Å². The molecule has 2 N–H and O–H groups in total. The molecule has 1 amide bonds. The zero-order chi connectivity index (χ0) is 12.3. The van der Waals surface area contributed by atoms with Gasteiger partial charge in [0.25, 0.3) is 0 Å². The topological polar surface area (TPSA) is 66.4 Å². The first-order chi connectivity index (χ1) is 7.39. The van der Waals surface area contributed by atoms with Gasteiger partial charge in [-0.3, -0.25) is 9.59 Å². The van der Waals surface area contributed by atoms with E-state index in [9.17, 15) is 9.59 Å². The summed E-state index contributed by atoms with van der Waals surface area (Å²) in [5.74, 6) is -0.599. The van der Waals surface area contributed by atoms with Crippen LogP contribution in [0.4, 0.5) is 0 Å². The van der Waals surface area contributed by atoms with Crippen LogP contribution in [0.3, 0.4) is 0 Å². The Hall–Kier alpha value is -1.06. The summed E-state index contributed by atoms with van der Waals surface area (Å²) in [7, 11) is 0. The first kappa shape index (κ1) is 13.0. The summed E-state index contributed by atoms with van der Waals surface area (Å²) in [4.78, 5) is 22.1. The molecule has 1 aliphatic rings. The molecular formula is C12H21NO3. The Bertz CT molecular complexity index is 290. The third-order valence-corrected chi connectivity index (χ3v) is 3.66. The largest absolute Gasteiger partial charge is 0.481 e. The predicted octanol–water partition coefficient (Wildman–Crippen LogP) is 1.79. The van der Waals surface area contributed by atoms with Crippen LogP contribution >= 0.6 is 0 Å². The summed E-state index contributed by atoms with van der Waals surface area (Å²) in [5.41, 5.74) is 0.177. The van der Waals surface area contributed by atoms with E-state index in [1.165, 1.54) is 0 Å². The molecule has 1 rings (SSSR count). The first-order valence-electron chi connectivity index (χ1n) is 5.91. The quantitative estimate of drug-likeness (QED) is 0.727. The van der Waals surface area contributed by atoms with Crippen LogP contribution < -0.4 is 5.32 Å². The first-order valence-corrected chi connectivity index (χ1v) is 5.91. The molecule has 0 aromatic heterocycles. The highest BCUT2D eigenvalue weighted by Crippen LogP contribution is 2.54.